The Labute approximate surface area is 178 Å². The summed E-state index contributed by atoms with van der Waals surface area (Å²) in [6, 6.07) is 18.3. The van der Waals surface area contributed by atoms with E-state index in [1.807, 2.05) is 48.5 Å². The number of para-hydroxylation sites is 1. The lowest BCUT2D eigenvalue weighted by molar-refractivity contribution is -0.123. The maximum atomic E-state index is 12.2. The molecule has 8 heteroatoms. The fourth-order valence-corrected chi connectivity index (χ4v) is 2.86. The van der Waals surface area contributed by atoms with Gasteiger partial charge in [-0.05, 0) is 48.0 Å². The van der Waals surface area contributed by atoms with Crippen molar-refractivity contribution in [2.45, 2.75) is 6.54 Å². The van der Waals surface area contributed by atoms with Gasteiger partial charge in [0.05, 0.1) is 12.7 Å². The second kappa shape index (κ2) is 9.53. The van der Waals surface area contributed by atoms with E-state index in [0.717, 1.165) is 16.9 Å². The second-order valence-corrected chi connectivity index (χ2v) is 6.57. The molecule has 0 aliphatic carbocycles. The Hall–Kier alpha value is -4.20. The van der Waals surface area contributed by atoms with Crippen molar-refractivity contribution in [3.8, 4) is 34.3 Å². The minimum absolute atomic E-state index is 0.142. The lowest BCUT2D eigenvalue weighted by Gasteiger charge is -2.09. The predicted molar refractivity (Wildman–Crippen MR) is 113 cm³/mol. The Balaban J connectivity index is 1.42. The molecule has 0 bridgehead atoms. The number of pyridine rings is 1. The molecule has 1 amide bonds. The first-order chi connectivity index (χ1) is 15.2. The van der Waals surface area contributed by atoms with Crippen LogP contribution in [0.1, 0.15) is 5.56 Å². The van der Waals surface area contributed by atoms with Gasteiger partial charge in [-0.3, -0.25) is 9.78 Å². The zero-order valence-corrected chi connectivity index (χ0v) is 16.8. The minimum Gasteiger partial charge on any atom is -0.497 e. The van der Waals surface area contributed by atoms with Gasteiger partial charge in [0.25, 0.3) is 11.8 Å². The van der Waals surface area contributed by atoms with E-state index in [0.29, 0.717) is 29.6 Å². The van der Waals surface area contributed by atoms with Crippen molar-refractivity contribution >= 4 is 5.91 Å². The van der Waals surface area contributed by atoms with Crippen LogP contribution < -0.4 is 14.8 Å². The number of aromatic nitrogens is 3. The highest BCUT2D eigenvalue weighted by atomic mass is 16.5. The van der Waals surface area contributed by atoms with Gasteiger partial charge in [0.1, 0.15) is 11.5 Å². The summed E-state index contributed by atoms with van der Waals surface area (Å²) in [7, 11) is 1.61. The van der Waals surface area contributed by atoms with Crippen molar-refractivity contribution in [3.63, 3.8) is 0 Å². The van der Waals surface area contributed by atoms with Crippen LogP contribution in [-0.4, -0.2) is 34.7 Å². The highest BCUT2D eigenvalue weighted by Crippen LogP contribution is 2.30. The molecule has 1 N–H and O–H groups in total. The first-order valence-corrected chi connectivity index (χ1v) is 9.59. The summed E-state index contributed by atoms with van der Waals surface area (Å²) in [5.74, 6) is 1.72. The highest BCUT2D eigenvalue weighted by Gasteiger charge is 2.16. The molecular formula is C23H20N4O4. The molecule has 8 nitrogen and oxygen atoms in total. The van der Waals surface area contributed by atoms with Gasteiger partial charge in [0.15, 0.2) is 6.61 Å². The molecule has 0 atom stereocenters. The molecule has 0 unspecified atom stereocenters. The summed E-state index contributed by atoms with van der Waals surface area (Å²) >= 11 is 0. The number of methoxy groups -OCH3 is 1. The average molecular weight is 416 g/mol. The summed E-state index contributed by atoms with van der Waals surface area (Å²) in [5, 5.41) is 6.85. The molecule has 0 aliphatic rings. The van der Waals surface area contributed by atoms with E-state index in [1.54, 1.807) is 31.6 Å². The largest absolute Gasteiger partial charge is 0.497 e. The normalized spacial score (nSPS) is 10.5. The van der Waals surface area contributed by atoms with Crippen LogP contribution in [0.5, 0.6) is 11.5 Å². The van der Waals surface area contributed by atoms with Gasteiger partial charge in [0.2, 0.25) is 5.82 Å². The number of ether oxygens (including phenoxy) is 2. The van der Waals surface area contributed by atoms with Gasteiger partial charge in [0, 0.05) is 24.5 Å². The lowest BCUT2D eigenvalue weighted by atomic mass is 10.2. The fraction of sp³-hybridized carbons (Fsp3) is 0.130. The Morgan fingerprint density at radius 3 is 2.68 bits per heavy atom. The molecule has 2 aromatic heterocycles. The number of benzene rings is 2. The predicted octanol–water partition coefficient (Wildman–Crippen LogP) is 3.50. The van der Waals surface area contributed by atoms with E-state index < -0.39 is 0 Å². The van der Waals surface area contributed by atoms with Gasteiger partial charge in [-0.2, -0.15) is 4.98 Å². The Morgan fingerprint density at radius 2 is 1.90 bits per heavy atom. The third kappa shape index (κ3) is 5.05. The van der Waals surface area contributed by atoms with Crippen molar-refractivity contribution in [2.75, 3.05) is 13.7 Å². The van der Waals surface area contributed by atoms with Crippen LogP contribution in [0.3, 0.4) is 0 Å². The maximum Gasteiger partial charge on any atom is 0.262 e. The van der Waals surface area contributed by atoms with E-state index in [4.69, 9.17) is 14.0 Å². The van der Waals surface area contributed by atoms with E-state index in [1.165, 1.54) is 0 Å². The Morgan fingerprint density at radius 1 is 1.06 bits per heavy atom. The molecular weight excluding hydrogens is 396 g/mol. The van der Waals surface area contributed by atoms with Crippen molar-refractivity contribution < 1.29 is 18.8 Å². The fourth-order valence-electron chi connectivity index (χ4n) is 2.86. The van der Waals surface area contributed by atoms with Crippen molar-refractivity contribution in [2.24, 2.45) is 0 Å². The topological polar surface area (TPSA) is 99.4 Å². The second-order valence-electron chi connectivity index (χ2n) is 6.57. The molecule has 2 aromatic carbocycles. The standard InChI is InChI=1S/C23H20N4O4/c1-29-18-10-8-17(9-11-18)22-26-23(31-27-22)19-6-2-3-7-20(19)30-15-21(28)25-14-16-5-4-12-24-13-16/h2-13H,14-15H2,1H3,(H,25,28). The van der Waals surface area contributed by atoms with Crippen LogP contribution in [0, 0.1) is 0 Å². The number of nitrogens with one attached hydrogen (secondary N) is 1. The quantitative estimate of drug-likeness (QED) is 0.469. The van der Waals surface area contributed by atoms with Crippen molar-refractivity contribution in [3.05, 3.63) is 78.6 Å². The van der Waals surface area contributed by atoms with Gasteiger partial charge >= 0.3 is 0 Å². The van der Waals surface area contributed by atoms with E-state index in [-0.39, 0.29) is 12.5 Å². The average Bonchev–Trinajstić information content (AvgIpc) is 3.32. The van der Waals surface area contributed by atoms with E-state index in [9.17, 15) is 4.79 Å². The van der Waals surface area contributed by atoms with Crippen molar-refractivity contribution in [1.82, 2.24) is 20.4 Å². The Kier molecular flexibility index (Phi) is 6.18. The first-order valence-electron chi connectivity index (χ1n) is 9.59. The van der Waals surface area contributed by atoms with E-state index in [2.05, 4.69) is 20.4 Å². The molecule has 0 saturated carbocycles. The van der Waals surface area contributed by atoms with Crippen LogP contribution in [0.2, 0.25) is 0 Å². The van der Waals surface area contributed by atoms with Crippen LogP contribution >= 0.6 is 0 Å². The molecule has 0 aliphatic heterocycles. The first kappa shape index (κ1) is 20.1. The summed E-state index contributed by atoms with van der Waals surface area (Å²) in [6.45, 7) is 0.239. The zero-order chi connectivity index (χ0) is 21.5. The number of rotatable bonds is 8. The zero-order valence-electron chi connectivity index (χ0n) is 16.8. The van der Waals surface area contributed by atoms with Crippen LogP contribution in [0.4, 0.5) is 0 Å². The molecule has 4 rings (SSSR count). The molecule has 0 radical (unpaired) electrons. The molecule has 0 spiro atoms. The number of nitrogens with zero attached hydrogens (tertiary/aromatic N) is 3. The summed E-state index contributed by atoms with van der Waals surface area (Å²) in [6.07, 6.45) is 3.38. The van der Waals surface area contributed by atoms with Gasteiger partial charge < -0.3 is 19.3 Å². The number of hydrogen-bond acceptors (Lipinski definition) is 7. The van der Waals surface area contributed by atoms with Gasteiger partial charge in [-0.15, -0.1) is 0 Å². The summed E-state index contributed by atoms with van der Waals surface area (Å²) < 4.78 is 16.3. The monoisotopic (exact) mass is 416 g/mol. The molecule has 2 heterocycles. The van der Waals surface area contributed by atoms with Crippen LogP contribution in [0.15, 0.2) is 77.6 Å². The maximum absolute atomic E-state index is 12.2. The van der Waals surface area contributed by atoms with Gasteiger partial charge in [-0.25, -0.2) is 0 Å². The third-order valence-corrected chi connectivity index (χ3v) is 4.46. The summed E-state index contributed by atoms with van der Waals surface area (Å²) in [4.78, 5) is 20.6. The smallest absolute Gasteiger partial charge is 0.262 e. The Bertz CT molecular complexity index is 1140. The number of carbonyl (C=O) groups is 1. The van der Waals surface area contributed by atoms with Crippen LogP contribution in [-0.2, 0) is 11.3 Å². The molecule has 4 aromatic rings. The number of carbonyl (C=O) groups excluding carboxylic acids is 1. The molecule has 0 fully saturated rings. The highest BCUT2D eigenvalue weighted by molar-refractivity contribution is 5.78. The van der Waals surface area contributed by atoms with Crippen molar-refractivity contribution in [1.29, 1.82) is 0 Å². The third-order valence-electron chi connectivity index (χ3n) is 4.46. The van der Waals surface area contributed by atoms with E-state index >= 15 is 0 Å². The SMILES string of the molecule is COc1ccc(-c2noc(-c3ccccc3OCC(=O)NCc3cccnc3)n2)cc1. The molecule has 0 saturated heterocycles. The molecule has 156 valence electrons. The molecule has 31 heavy (non-hydrogen) atoms. The van der Waals surface area contributed by atoms with Gasteiger partial charge in [-0.1, -0.05) is 23.4 Å². The summed E-state index contributed by atoms with van der Waals surface area (Å²) in [5.41, 5.74) is 2.31. The minimum atomic E-state index is -0.247. The van der Waals surface area contributed by atoms with Crippen LogP contribution in [0.25, 0.3) is 22.8 Å². The number of amides is 1. The number of hydrogen-bond donors (Lipinski definition) is 1. The lowest BCUT2D eigenvalue weighted by Crippen LogP contribution is -2.28.